The number of aryl methyl sites for hydroxylation is 2. The maximum atomic E-state index is 13.1. The molecule has 2 aromatic rings. The van der Waals surface area contributed by atoms with E-state index in [1.807, 2.05) is 32.5 Å². The highest BCUT2D eigenvalue weighted by Gasteiger charge is 2.09. The Hall–Kier alpha value is -2.57. The Labute approximate surface area is 148 Å². The number of rotatable bonds is 7. The van der Waals surface area contributed by atoms with E-state index in [1.54, 1.807) is 12.1 Å². The van der Waals surface area contributed by atoms with Gasteiger partial charge in [-0.2, -0.15) is 5.10 Å². The lowest BCUT2D eigenvalue weighted by Crippen LogP contribution is -2.39. The molecule has 7 heteroatoms. The topological polar surface area (TPSA) is 63.5 Å². The Bertz CT molecular complexity index is 726. The van der Waals surface area contributed by atoms with Gasteiger partial charge in [0.2, 0.25) is 0 Å². The molecule has 0 radical (unpaired) electrons. The molecule has 136 valence electrons. The number of nitrogens with one attached hydrogen (secondary N) is 2. The first-order chi connectivity index (χ1) is 12.0. The van der Waals surface area contributed by atoms with Crippen molar-refractivity contribution in [1.82, 2.24) is 20.4 Å². The van der Waals surface area contributed by atoms with Crippen LogP contribution < -0.4 is 15.4 Å². The summed E-state index contributed by atoms with van der Waals surface area (Å²) in [6.07, 6.45) is 0. The molecule has 0 atom stereocenters. The van der Waals surface area contributed by atoms with E-state index in [-0.39, 0.29) is 5.82 Å². The molecule has 2 N–H and O–H groups in total. The number of halogens is 1. The molecule has 6 nitrogen and oxygen atoms in total. The minimum absolute atomic E-state index is 0.303. The molecular weight excluding hydrogens is 321 g/mol. The fourth-order valence-corrected chi connectivity index (χ4v) is 2.44. The van der Waals surface area contributed by atoms with Gasteiger partial charge in [-0.3, -0.25) is 4.68 Å². The number of nitrogens with zero attached hydrogens (tertiary/aromatic N) is 3. The lowest BCUT2D eigenvalue weighted by Gasteiger charge is -2.12. The summed E-state index contributed by atoms with van der Waals surface area (Å²) in [5.41, 5.74) is 3.25. The first kappa shape index (κ1) is 18.8. The number of ether oxygens (including phenoxy) is 1. The fourth-order valence-electron chi connectivity index (χ4n) is 2.44. The Kier molecular flexibility index (Phi) is 6.80. The zero-order valence-electron chi connectivity index (χ0n) is 15.3. The average Bonchev–Trinajstić information content (AvgIpc) is 2.82. The summed E-state index contributed by atoms with van der Waals surface area (Å²) in [6, 6.07) is 6.12. The highest BCUT2D eigenvalue weighted by atomic mass is 19.1. The summed E-state index contributed by atoms with van der Waals surface area (Å²) < 4.78 is 20.5. The number of hydrogen-bond donors (Lipinski definition) is 2. The van der Waals surface area contributed by atoms with Crippen LogP contribution in [0.15, 0.2) is 29.3 Å². The molecule has 1 aromatic heterocycles. The molecule has 2 rings (SSSR count). The van der Waals surface area contributed by atoms with E-state index in [0.29, 0.717) is 31.4 Å². The molecule has 0 aliphatic carbocycles. The number of hydrogen-bond acceptors (Lipinski definition) is 3. The van der Waals surface area contributed by atoms with Crippen LogP contribution in [-0.2, 0) is 13.6 Å². The zero-order chi connectivity index (χ0) is 18.2. The van der Waals surface area contributed by atoms with Gasteiger partial charge in [-0.1, -0.05) is 6.07 Å². The van der Waals surface area contributed by atoms with Crippen LogP contribution in [0.25, 0.3) is 0 Å². The zero-order valence-corrected chi connectivity index (χ0v) is 15.3. The maximum absolute atomic E-state index is 13.1. The van der Waals surface area contributed by atoms with Gasteiger partial charge in [-0.05, 0) is 32.9 Å². The van der Waals surface area contributed by atoms with Crippen molar-refractivity contribution < 1.29 is 9.13 Å². The molecule has 0 amide bonds. The molecule has 0 bridgehead atoms. The van der Waals surface area contributed by atoms with Crippen molar-refractivity contribution in [2.45, 2.75) is 27.3 Å². The van der Waals surface area contributed by atoms with Crippen LogP contribution in [0.2, 0.25) is 0 Å². The van der Waals surface area contributed by atoms with Gasteiger partial charge < -0.3 is 15.4 Å². The second kappa shape index (κ2) is 9.05. The lowest BCUT2D eigenvalue weighted by molar-refractivity contribution is 0.320. The Morgan fingerprint density at radius 3 is 2.76 bits per heavy atom. The molecule has 0 fully saturated rings. The van der Waals surface area contributed by atoms with Gasteiger partial charge in [0.05, 0.1) is 18.8 Å². The minimum Gasteiger partial charge on any atom is -0.492 e. The van der Waals surface area contributed by atoms with Gasteiger partial charge in [0, 0.05) is 30.9 Å². The third-order valence-electron chi connectivity index (χ3n) is 3.86. The Morgan fingerprint density at radius 1 is 1.32 bits per heavy atom. The van der Waals surface area contributed by atoms with E-state index in [1.165, 1.54) is 12.1 Å². The van der Waals surface area contributed by atoms with E-state index < -0.39 is 0 Å². The number of guanidine groups is 1. The molecule has 0 aliphatic rings. The van der Waals surface area contributed by atoms with Crippen LogP contribution in [0, 0.1) is 19.7 Å². The van der Waals surface area contributed by atoms with E-state index in [4.69, 9.17) is 4.74 Å². The highest BCUT2D eigenvalue weighted by Crippen LogP contribution is 2.13. The van der Waals surface area contributed by atoms with Gasteiger partial charge in [-0.25, -0.2) is 9.38 Å². The normalized spacial score (nSPS) is 11.5. The van der Waals surface area contributed by atoms with Crippen molar-refractivity contribution in [3.05, 3.63) is 47.0 Å². The number of benzene rings is 1. The number of aromatic nitrogens is 2. The molecule has 0 saturated carbocycles. The van der Waals surface area contributed by atoms with Crippen LogP contribution in [0.5, 0.6) is 5.75 Å². The van der Waals surface area contributed by atoms with Crippen molar-refractivity contribution >= 4 is 5.96 Å². The first-order valence-electron chi connectivity index (χ1n) is 8.41. The molecule has 1 heterocycles. The molecule has 0 spiro atoms. The molecule has 0 aliphatic heterocycles. The van der Waals surface area contributed by atoms with Crippen LogP contribution in [0.1, 0.15) is 23.9 Å². The molecule has 25 heavy (non-hydrogen) atoms. The van der Waals surface area contributed by atoms with E-state index in [0.717, 1.165) is 23.5 Å². The Balaban J connectivity index is 1.87. The second-order valence-corrected chi connectivity index (χ2v) is 5.70. The predicted molar refractivity (Wildman–Crippen MR) is 97.4 cm³/mol. The summed E-state index contributed by atoms with van der Waals surface area (Å²) in [7, 11) is 1.93. The third-order valence-corrected chi connectivity index (χ3v) is 3.86. The molecular formula is C18H26FN5O. The van der Waals surface area contributed by atoms with E-state index >= 15 is 0 Å². The Morgan fingerprint density at radius 2 is 2.12 bits per heavy atom. The summed E-state index contributed by atoms with van der Waals surface area (Å²) in [5, 5.41) is 10.8. The molecule has 0 saturated heterocycles. The smallest absolute Gasteiger partial charge is 0.191 e. The van der Waals surface area contributed by atoms with Gasteiger partial charge in [0.15, 0.2) is 5.96 Å². The van der Waals surface area contributed by atoms with Crippen LogP contribution in [-0.4, -0.2) is 35.4 Å². The third kappa shape index (κ3) is 5.48. The van der Waals surface area contributed by atoms with Crippen molar-refractivity contribution in [1.29, 1.82) is 0 Å². The summed E-state index contributed by atoms with van der Waals surface area (Å²) in [6.45, 7) is 8.35. The second-order valence-electron chi connectivity index (χ2n) is 5.70. The molecule has 0 unspecified atom stereocenters. The fraction of sp³-hybridized carbons (Fsp3) is 0.444. The predicted octanol–water partition coefficient (Wildman–Crippen LogP) is 2.31. The van der Waals surface area contributed by atoms with Crippen LogP contribution in [0.4, 0.5) is 4.39 Å². The van der Waals surface area contributed by atoms with Crippen molar-refractivity contribution in [2.75, 3.05) is 19.7 Å². The quantitative estimate of drug-likeness (QED) is 0.458. The van der Waals surface area contributed by atoms with Gasteiger partial charge in [0.1, 0.15) is 18.2 Å². The van der Waals surface area contributed by atoms with Gasteiger partial charge >= 0.3 is 0 Å². The lowest BCUT2D eigenvalue weighted by atomic mass is 10.2. The largest absolute Gasteiger partial charge is 0.492 e. The molecule has 1 aromatic carbocycles. The van der Waals surface area contributed by atoms with Gasteiger partial charge in [-0.15, -0.1) is 0 Å². The average molecular weight is 347 g/mol. The van der Waals surface area contributed by atoms with Crippen molar-refractivity contribution in [2.24, 2.45) is 12.0 Å². The van der Waals surface area contributed by atoms with Crippen LogP contribution >= 0.6 is 0 Å². The minimum atomic E-state index is -0.303. The maximum Gasteiger partial charge on any atom is 0.191 e. The monoisotopic (exact) mass is 347 g/mol. The van der Waals surface area contributed by atoms with Crippen molar-refractivity contribution in [3.8, 4) is 5.75 Å². The van der Waals surface area contributed by atoms with E-state index in [2.05, 4.69) is 20.7 Å². The standard InChI is InChI=1S/C18H26FN5O/c1-5-20-18(22-12-17-13(2)23-24(4)14(17)3)21-9-10-25-16-8-6-7-15(19)11-16/h6-8,11H,5,9-10,12H2,1-4H3,(H2,20,21,22). The summed E-state index contributed by atoms with van der Waals surface area (Å²) in [4.78, 5) is 4.60. The number of aliphatic imine (C=N–C) groups is 1. The van der Waals surface area contributed by atoms with Crippen molar-refractivity contribution in [3.63, 3.8) is 0 Å². The van der Waals surface area contributed by atoms with Crippen LogP contribution in [0.3, 0.4) is 0 Å². The van der Waals surface area contributed by atoms with Gasteiger partial charge in [0.25, 0.3) is 0 Å². The highest BCUT2D eigenvalue weighted by molar-refractivity contribution is 5.79. The summed E-state index contributed by atoms with van der Waals surface area (Å²) in [5.74, 6) is 0.931. The first-order valence-corrected chi connectivity index (χ1v) is 8.41. The van der Waals surface area contributed by atoms with E-state index in [9.17, 15) is 4.39 Å². The SMILES string of the molecule is CCNC(=NCc1c(C)nn(C)c1C)NCCOc1cccc(F)c1. The summed E-state index contributed by atoms with van der Waals surface area (Å²) >= 11 is 0.